The second-order valence-corrected chi connectivity index (χ2v) is 16.5. The number of hydrogen-bond acceptors (Lipinski definition) is 9. The first-order valence-corrected chi connectivity index (χ1v) is 21.2. The Hall–Kier alpha value is -3.38. The van der Waals surface area contributed by atoms with Gasteiger partial charge >= 0.3 is 11.9 Å². The van der Waals surface area contributed by atoms with E-state index in [1.807, 2.05) is 50.3 Å². The summed E-state index contributed by atoms with van der Waals surface area (Å²) in [5, 5.41) is 30.9. The van der Waals surface area contributed by atoms with Crippen LogP contribution in [-0.4, -0.2) is 94.4 Å². The number of unbranched alkanes of at least 4 members (excludes halogenated alkanes) is 1. The first-order chi connectivity index (χ1) is 27.5. The van der Waals surface area contributed by atoms with E-state index in [1.54, 1.807) is 12.2 Å². The van der Waals surface area contributed by atoms with E-state index >= 15 is 0 Å². The molecule has 0 aromatic heterocycles. The lowest BCUT2D eigenvalue weighted by atomic mass is 9.86. The highest BCUT2D eigenvalue weighted by Crippen LogP contribution is 2.38. The lowest BCUT2D eigenvalue weighted by molar-refractivity contribution is -0.162. The molecule has 3 fully saturated rings. The van der Waals surface area contributed by atoms with Gasteiger partial charge in [-0.2, -0.15) is 0 Å². The summed E-state index contributed by atoms with van der Waals surface area (Å²) in [5.41, 5.74) is 0.970. The summed E-state index contributed by atoms with van der Waals surface area (Å²) in [6.45, 7) is 8.27. The van der Waals surface area contributed by atoms with Gasteiger partial charge in [0.15, 0.2) is 6.10 Å². The number of aliphatic hydroxyl groups excluding tert-OH is 2. The molecule has 0 aromatic rings. The van der Waals surface area contributed by atoms with E-state index in [0.717, 1.165) is 37.7 Å². The lowest BCUT2D eigenvalue weighted by Gasteiger charge is -2.39. The standard InChI is InChI=1S/C47H66O10/c1-31(18-15-16-24-45(50)51)28-32(2)47-41-27-26-35(53-47)19-11-7-5-6-8-12-20-36(48)43-29-37(49)33(3)38(54-43)22-17-23-39-34(4)42-30-44(55-39)40(56-42)21-13-9-10-14-25-46(52)57-41/h7-14,17,21,23,25-28,31,33-44,47-49H,5-6,15-16,18-20,22,24,29-30H2,1-4H3,(H,50,51)/b10-9-,11-7+,12-8+,21-13+,23-17+,25-14-,32-28+/t31-,33-,34+,35+,36+,37+,38-,39+,40-,41-,42-,43-,44-,47+/m1/s1. The molecule has 0 saturated carbocycles. The molecular formula is C47H66O10. The number of ether oxygens (including phenoxy) is 5. The monoisotopic (exact) mass is 790 g/mol. The lowest BCUT2D eigenvalue weighted by Crippen LogP contribution is -2.47. The number of carbonyl (C=O) groups is 2. The number of esters is 1. The van der Waals surface area contributed by atoms with Crippen LogP contribution in [0.2, 0.25) is 0 Å². The molecule has 7 bridgehead atoms. The molecule has 314 valence electrons. The molecule has 3 N–H and O–H groups in total. The van der Waals surface area contributed by atoms with E-state index in [0.29, 0.717) is 32.1 Å². The third-order valence-corrected chi connectivity index (χ3v) is 11.9. The fourth-order valence-electron chi connectivity index (χ4n) is 8.35. The number of aliphatic carboxylic acids is 1. The maximum Gasteiger partial charge on any atom is 0.331 e. The first-order valence-electron chi connectivity index (χ1n) is 21.2. The van der Waals surface area contributed by atoms with Gasteiger partial charge in [-0.15, -0.1) is 0 Å². The zero-order valence-electron chi connectivity index (χ0n) is 34.2. The number of allylic oxidation sites excluding steroid dienone is 7. The minimum absolute atomic E-state index is 0.0508. The van der Waals surface area contributed by atoms with Gasteiger partial charge in [0.25, 0.3) is 0 Å². The molecule has 6 aliphatic heterocycles. The SMILES string of the molecule is C/C(=C\[C@H](C)CCCCC(=O)O)[C@@H]1O[C@@H]2C=C[C@H]1OC(=O)\C=C/C=C\C=C\[C@H]1O[C@@H]3C[C@H]1O[C@@H](/C=C/C[C@H]1O[C@H](C[C@H](O)[C@H]1C)[C@@H](O)C/C=C/CC/C=C/C2)[C@@H]3C. The summed E-state index contributed by atoms with van der Waals surface area (Å²) in [4.78, 5) is 23.9. The van der Waals surface area contributed by atoms with Gasteiger partial charge in [-0.25, -0.2) is 4.79 Å². The number of carboxylic acid groups (broad SMARTS) is 1. The minimum atomic E-state index is -0.777. The Labute approximate surface area is 339 Å². The normalized spacial score (nSPS) is 40.9. The number of fused-ring (bicyclic) bond motifs is 13. The predicted octanol–water partition coefficient (Wildman–Crippen LogP) is 7.83. The first kappa shape index (κ1) is 44.7. The van der Waals surface area contributed by atoms with Crippen molar-refractivity contribution >= 4 is 11.9 Å². The molecule has 57 heavy (non-hydrogen) atoms. The van der Waals surface area contributed by atoms with E-state index in [-0.39, 0.29) is 60.8 Å². The summed E-state index contributed by atoms with van der Waals surface area (Å²) in [7, 11) is 0. The Morgan fingerprint density at radius 2 is 1.49 bits per heavy atom. The Morgan fingerprint density at radius 3 is 2.28 bits per heavy atom. The highest BCUT2D eigenvalue weighted by molar-refractivity contribution is 5.82. The quantitative estimate of drug-likeness (QED) is 0.133. The van der Waals surface area contributed by atoms with Crippen molar-refractivity contribution in [2.75, 3.05) is 0 Å². The van der Waals surface area contributed by atoms with Gasteiger partial charge in [0.05, 0.1) is 48.8 Å². The zero-order valence-corrected chi connectivity index (χ0v) is 34.2. The molecule has 6 rings (SSSR count). The van der Waals surface area contributed by atoms with E-state index in [9.17, 15) is 19.8 Å². The highest BCUT2D eigenvalue weighted by atomic mass is 16.6. The second kappa shape index (κ2) is 22.7. The second-order valence-electron chi connectivity index (χ2n) is 16.5. The smallest absolute Gasteiger partial charge is 0.331 e. The van der Waals surface area contributed by atoms with Crippen LogP contribution in [0.4, 0.5) is 0 Å². The highest BCUT2D eigenvalue weighted by Gasteiger charge is 2.45. The van der Waals surface area contributed by atoms with Crippen molar-refractivity contribution in [2.45, 2.75) is 165 Å². The Morgan fingerprint density at radius 1 is 0.737 bits per heavy atom. The van der Waals surface area contributed by atoms with Gasteiger partial charge in [-0.1, -0.05) is 106 Å². The van der Waals surface area contributed by atoms with Crippen LogP contribution in [0.15, 0.2) is 96.7 Å². The molecule has 6 aliphatic rings. The molecule has 0 aromatic carbocycles. The van der Waals surface area contributed by atoms with Crippen LogP contribution < -0.4 is 0 Å². The zero-order chi connectivity index (χ0) is 40.7. The Kier molecular flexibility index (Phi) is 17.8. The minimum Gasteiger partial charge on any atom is -0.481 e. The average molecular weight is 791 g/mol. The van der Waals surface area contributed by atoms with Crippen LogP contribution in [0.5, 0.6) is 0 Å². The molecular weight excluding hydrogens is 725 g/mol. The predicted molar refractivity (Wildman–Crippen MR) is 220 cm³/mol. The molecule has 3 saturated heterocycles. The number of aliphatic hydroxyl groups is 2. The molecule has 0 amide bonds. The average Bonchev–Trinajstić information content (AvgIpc) is 3.53. The molecule has 0 spiro atoms. The van der Waals surface area contributed by atoms with Crippen molar-refractivity contribution in [1.82, 2.24) is 0 Å². The van der Waals surface area contributed by atoms with Crippen molar-refractivity contribution in [1.29, 1.82) is 0 Å². The van der Waals surface area contributed by atoms with Crippen LogP contribution in [0.1, 0.15) is 98.3 Å². The maximum absolute atomic E-state index is 13.0. The molecule has 0 aliphatic carbocycles. The fourth-order valence-corrected chi connectivity index (χ4v) is 8.35. The summed E-state index contributed by atoms with van der Waals surface area (Å²) in [5.74, 6) is -0.909. The van der Waals surface area contributed by atoms with Crippen molar-refractivity contribution in [2.24, 2.45) is 17.8 Å². The summed E-state index contributed by atoms with van der Waals surface area (Å²) < 4.78 is 31.7. The Balaban J connectivity index is 1.27. The van der Waals surface area contributed by atoms with Crippen LogP contribution in [-0.2, 0) is 33.3 Å². The van der Waals surface area contributed by atoms with Crippen LogP contribution in [0.25, 0.3) is 0 Å². The van der Waals surface area contributed by atoms with Gasteiger partial charge in [0.1, 0.15) is 12.2 Å². The molecule has 10 nitrogen and oxygen atoms in total. The molecule has 14 atom stereocenters. The third kappa shape index (κ3) is 13.9. The summed E-state index contributed by atoms with van der Waals surface area (Å²) in [6, 6.07) is 0. The summed E-state index contributed by atoms with van der Waals surface area (Å²) >= 11 is 0. The molecule has 6 heterocycles. The van der Waals surface area contributed by atoms with E-state index in [1.165, 1.54) is 6.08 Å². The summed E-state index contributed by atoms with van der Waals surface area (Å²) in [6.07, 6.45) is 32.9. The maximum atomic E-state index is 13.0. The molecule has 0 radical (unpaired) electrons. The number of carbonyl (C=O) groups excluding carboxylic acids is 1. The Bertz CT molecular complexity index is 1540. The number of rotatable bonds is 7. The molecule has 0 unspecified atom stereocenters. The van der Waals surface area contributed by atoms with Crippen LogP contribution in [0.3, 0.4) is 0 Å². The van der Waals surface area contributed by atoms with Gasteiger partial charge in [0, 0.05) is 37.2 Å². The number of carboxylic acids is 1. The van der Waals surface area contributed by atoms with Gasteiger partial charge in [0.2, 0.25) is 0 Å². The van der Waals surface area contributed by atoms with Crippen molar-refractivity contribution < 1.29 is 48.6 Å². The van der Waals surface area contributed by atoms with Crippen molar-refractivity contribution in [3.63, 3.8) is 0 Å². The van der Waals surface area contributed by atoms with Gasteiger partial charge in [-0.3, -0.25) is 4.79 Å². The topological polar surface area (TPSA) is 141 Å². The number of hydrogen-bond donors (Lipinski definition) is 3. The van der Waals surface area contributed by atoms with E-state index < -0.39 is 42.5 Å². The van der Waals surface area contributed by atoms with E-state index in [2.05, 4.69) is 50.3 Å². The molecule has 10 heteroatoms. The largest absolute Gasteiger partial charge is 0.481 e. The van der Waals surface area contributed by atoms with E-state index in [4.69, 9.17) is 28.8 Å². The van der Waals surface area contributed by atoms with Gasteiger partial charge < -0.3 is 39.0 Å². The van der Waals surface area contributed by atoms with Crippen LogP contribution in [0, 0.1) is 17.8 Å². The van der Waals surface area contributed by atoms with Crippen molar-refractivity contribution in [3.05, 3.63) is 96.7 Å². The van der Waals surface area contributed by atoms with Crippen LogP contribution >= 0.6 is 0 Å². The fraction of sp³-hybridized carbons (Fsp3) is 0.617. The third-order valence-electron chi connectivity index (χ3n) is 11.9. The van der Waals surface area contributed by atoms with Gasteiger partial charge in [-0.05, 0) is 69.4 Å². The van der Waals surface area contributed by atoms with Crippen molar-refractivity contribution in [3.8, 4) is 0 Å².